The van der Waals surface area contributed by atoms with Gasteiger partial charge in [0.05, 0.1) is 5.02 Å². The molecule has 1 N–H and O–H groups in total. The van der Waals surface area contributed by atoms with Crippen molar-refractivity contribution in [3.05, 3.63) is 58.2 Å². The quantitative estimate of drug-likeness (QED) is 0.932. The van der Waals surface area contributed by atoms with Crippen LogP contribution in [0.1, 0.15) is 30.5 Å². The SMILES string of the molecule is CC(C)NCc1cc(N2Cc3ccccc3C2)ncc1Cl. The maximum atomic E-state index is 6.25. The van der Waals surface area contributed by atoms with Gasteiger partial charge in [-0.3, -0.25) is 0 Å². The Balaban J connectivity index is 1.79. The molecule has 110 valence electrons. The lowest BCUT2D eigenvalue weighted by atomic mass is 10.1. The summed E-state index contributed by atoms with van der Waals surface area (Å²) in [5, 5.41) is 4.13. The van der Waals surface area contributed by atoms with Crippen LogP contribution in [0.5, 0.6) is 0 Å². The molecule has 2 heterocycles. The lowest BCUT2D eigenvalue weighted by molar-refractivity contribution is 0.588. The minimum Gasteiger partial charge on any atom is -0.348 e. The van der Waals surface area contributed by atoms with Crippen molar-refractivity contribution in [2.45, 2.75) is 39.5 Å². The summed E-state index contributed by atoms with van der Waals surface area (Å²) in [6.45, 7) is 6.87. The molecule has 0 amide bonds. The molecule has 0 radical (unpaired) electrons. The van der Waals surface area contributed by atoms with E-state index >= 15 is 0 Å². The fourth-order valence-corrected chi connectivity index (χ4v) is 2.76. The predicted octanol–water partition coefficient (Wildman–Crippen LogP) is 3.75. The van der Waals surface area contributed by atoms with Crippen LogP contribution in [0.15, 0.2) is 36.5 Å². The second-order valence-electron chi connectivity index (χ2n) is 5.79. The molecule has 0 bridgehead atoms. The van der Waals surface area contributed by atoms with Gasteiger partial charge in [0, 0.05) is 31.9 Å². The molecule has 0 spiro atoms. The van der Waals surface area contributed by atoms with E-state index < -0.39 is 0 Å². The summed E-state index contributed by atoms with van der Waals surface area (Å²) < 4.78 is 0. The van der Waals surface area contributed by atoms with Crippen molar-refractivity contribution in [3.8, 4) is 0 Å². The Morgan fingerprint density at radius 1 is 1.24 bits per heavy atom. The summed E-state index contributed by atoms with van der Waals surface area (Å²) >= 11 is 6.25. The van der Waals surface area contributed by atoms with Crippen molar-refractivity contribution in [1.82, 2.24) is 10.3 Å². The molecule has 0 unspecified atom stereocenters. The van der Waals surface area contributed by atoms with Gasteiger partial charge in [-0.05, 0) is 22.8 Å². The Morgan fingerprint density at radius 2 is 1.90 bits per heavy atom. The molecule has 21 heavy (non-hydrogen) atoms. The average molecular weight is 302 g/mol. The molecule has 0 atom stereocenters. The van der Waals surface area contributed by atoms with E-state index in [1.165, 1.54) is 11.1 Å². The van der Waals surface area contributed by atoms with Gasteiger partial charge in [0.25, 0.3) is 0 Å². The fraction of sp³-hybridized carbons (Fsp3) is 0.353. The highest BCUT2D eigenvalue weighted by Crippen LogP contribution is 2.28. The van der Waals surface area contributed by atoms with Crippen LogP contribution >= 0.6 is 11.6 Å². The van der Waals surface area contributed by atoms with Gasteiger partial charge >= 0.3 is 0 Å². The monoisotopic (exact) mass is 301 g/mol. The number of nitrogens with zero attached hydrogens (tertiary/aromatic N) is 2. The molecule has 4 heteroatoms. The first-order valence-electron chi connectivity index (χ1n) is 7.33. The van der Waals surface area contributed by atoms with Gasteiger partial charge < -0.3 is 10.2 Å². The zero-order valence-electron chi connectivity index (χ0n) is 12.4. The number of anilines is 1. The van der Waals surface area contributed by atoms with Crippen LogP contribution in [-0.2, 0) is 19.6 Å². The van der Waals surface area contributed by atoms with E-state index in [-0.39, 0.29) is 0 Å². The lowest BCUT2D eigenvalue weighted by Crippen LogP contribution is -2.22. The number of pyridine rings is 1. The second kappa shape index (κ2) is 6.04. The largest absolute Gasteiger partial charge is 0.348 e. The average Bonchev–Trinajstić information content (AvgIpc) is 2.90. The lowest BCUT2D eigenvalue weighted by Gasteiger charge is -2.18. The number of hydrogen-bond acceptors (Lipinski definition) is 3. The Labute approximate surface area is 131 Å². The van der Waals surface area contributed by atoms with Gasteiger partial charge in [-0.1, -0.05) is 49.7 Å². The molecule has 0 aliphatic carbocycles. The van der Waals surface area contributed by atoms with Crippen molar-refractivity contribution in [2.75, 3.05) is 4.90 Å². The van der Waals surface area contributed by atoms with E-state index in [1.54, 1.807) is 6.20 Å². The Hall–Kier alpha value is -1.58. The molecule has 2 aromatic rings. The number of aromatic nitrogens is 1. The third kappa shape index (κ3) is 3.20. The molecule has 0 fully saturated rings. The van der Waals surface area contributed by atoms with E-state index in [4.69, 9.17) is 11.6 Å². The van der Waals surface area contributed by atoms with Gasteiger partial charge in [0.2, 0.25) is 0 Å². The van der Waals surface area contributed by atoms with Crippen molar-refractivity contribution in [2.24, 2.45) is 0 Å². The Kier molecular flexibility index (Phi) is 4.13. The standard InChI is InChI=1S/C17H20ClN3/c1-12(2)19-8-15-7-17(20-9-16(15)18)21-10-13-5-3-4-6-14(13)11-21/h3-7,9,12,19H,8,10-11H2,1-2H3. The number of nitrogens with one attached hydrogen (secondary N) is 1. The fourth-order valence-electron chi connectivity index (χ4n) is 2.59. The van der Waals surface area contributed by atoms with Crippen LogP contribution in [0.3, 0.4) is 0 Å². The summed E-state index contributed by atoms with van der Waals surface area (Å²) in [7, 11) is 0. The van der Waals surface area contributed by atoms with E-state index in [0.29, 0.717) is 6.04 Å². The van der Waals surface area contributed by atoms with Crippen LogP contribution in [-0.4, -0.2) is 11.0 Å². The smallest absolute Gasteiger partial charge is 0.129 e. The first-order chi connectivity index (χ1) is 10.1. The second-order valence-corrected chi connectivity index (χ2v) is 6.20. The molecule has 1 aromatic heterocycles. The minimum absolute atomic E-state index is 0.439. The molecule has 0 saturated carbocycles. The Morgan fingerprint density at radius 3 is 2.52 bits per heavy atom. The highest BCUT2D eigenvalue weighted by molar-refractivity contribution is 6.31. The van der Waals surface area contributed by atoms with Crippen LogP contribution in [0.4, 0.5) is 5.82 Å². The van der Waals surface area contributed by atoms with Crippen molar-refractivity contribution < 1.29 is 0 Å². The molecule has 1 aromatic carbocycles. The van der Waals surface area contributed by atoms with Crippen LogP contribution in [0.25, 0.3) is 0 Å². The molecule has 0 saturated heterocycles. The zero-order chi connectivity index (χ0) is 14.8. The molecular formula is C17H20ClN3. The first-order valence-corrected chi connectivity index (χ1v) is 7.71. The minimum atomic E-state index is 0.439. The van der Waals surface area contributed by atoms with Crippen molar-refractivity contribution in [3.63, 3.8) is 0 Å². The first kappa shape index (κ1) is 14.4. The number of fused-ring (bicyclic) bond motifs is 1. The molecule has 3 nitrogen and oxygen atoms in total. The topological polar surface area (TPSA) is 28.2 Å². The third-order valence-electron chi connectivity index (χ3n) is 3.79. The van der Waals surface area contributed by atoms with E-state index in [2.05, 4.69) is 59.4 Å². The highest BCUT2D eigenvalue weighted by Gasteiger charge is 2.20. The third-order valence-corrected chi connectivity index (χ3v) is 4.13. The maximum absolute atomic E-state index is 6.25. The highest BCUT2D eigenvalue weighted by atomic mass is 35.5. The van der Waals surface area contributed by atoms with Crippen molar-refractivity contribution >= 4 is 17.4 Å². The van der Waals surface area contributed by atoms with Gasteiger partial charge in [-0.25, -0.2) is 4.98 Å². The Bertz CT molecular complexity index is 615. The summed E-state index contributed by atoms with van der Waals surface area (Å²) in [6, 6.07) is 11.1. The summed E-state index contributed by atoms with van der Waals surface area (Å²) in [5.74, 6) is 0.996. The number of benzene rings is 1. The van der Waals surface area contributed by atoms with Gasteiger partial charge in [0.15, 0.2) is 0 Å². The van der Waals surface area contributed by atoms with Crippen LogP contribution < -0.4 is 10.2 Å². The molecule has 3 rings (SSSR count). The maximum Gasteiger partial charge on any atom is 0.129 e. The van der Waals surface area contributed by atoms with E-state index in [1.807, 2.05) is 0 Å². The summed E-state index contributed by atoms with van der Waals surface area (Å²) in [6.07, 6.45) is 1.76. The normalized spacial score (nSPS) is 13.8. The van der Waals surface area contributed by atoms with Gasteiger partial charge in [-0.15, -0.1) is 0 Å². The molecule has 1 aliphatic rings. The number of rotatable bonds is 4. The number of hydrogen-bond donors (Lipinski definition) is 1. The number of halogens is 1. The zero-order valence-corrected chi connectivity index (χ0v) is 13.2. The van der Waals surface area contributed by atoms with Crippen molar-refractivity contribution in [1.29, 1.82) is 0 Å². The molecule has 1 aliphatic heterocycles. The van der Waals surface area contributed by atoms with Gasteiger partial charge in [-0.2, -0.15) is 0 Å². The summed E-state index contributed by atoms with van der Waals surface area (Å²) in [4.78, 5) is 6.79. The van der Waals surface area contributed by atoms with Crippen LogP contribution in [0, 0.1) is 0 Å². The van der Waals surface area contributed by atoms with Gasteiger partial charge in [0.1, 0.15) is 5.82 Å². The summed E-state index contributed by atoms with van der Waals surface area (Å²) in [5.41, 5.74) is 3.87. The van der Waals surface area contributed by atoms with E-state index in [0.717, 1.165) is 36.0 Å². The molecular weight excluding hydrogens is 282 g/mol. The van der Waals surface area contributed by atoms with E-state index in [9.17, 15) is 0 Å². The predicted molar refractivity (Wildman–Crippen MR) is 87.6 cm³/mol. The van der Waals surface area contributed by atoms with Crippen LogP contribution in [0.2, 0.25) is 5.02 Å².